The fourth-order valence-corrected chi connectivity index (χ4v) is 7.46. The summed E-state index contributed by atoms with van der Waals surface area (Å²) in [6, 6.07) is 17.0. The van der Waals surface area contributed by atoms with Crippen LogP contribution in [0.5, 0.6) is 0 Å². The number of fused-ring (bicyclic) bond motifs is 1. The van der Waals surface area contributed by atoms with Crippen molar-refractivity contribution >= 4 is 17.7 Å². The number of aryl methyl sites for hydroxylation is 2. The molecule has 4 heterocycles. The number of pyridine rings is 2. The van der Waals surface area contributed by atoms with E-state index in [0.717, 1.165) is 86.5 Å². The fraction of sp³-hybridized carbons (Fsp3) is 0.447. The standard InChI is InChI=1S/C38H44N6O3/c1-4-30-27(24-19-21-43(22-20-24)37(45)26-13-14-26)16-18-34(40-30)41-32-17-15-25-9-7-10-28(36(25)32)31-11-8-12-35(42-31)44-33(5-2)29(23-39-44)38(46)47-6-3/h7-12,16,18,23-24,26,32H,4-6,13-15,17,19-22H2,1-3H3,(H,40,41). The molecule has 0 radical (unpaired) electrons. The fourth-order valence-electron chi connectivity index (χ4n) is 7.46. The summed E-state index contributed by atoms with van der Waals surface area (Å²) in [5.41, 5.74) is 8.29. The van der Waals surface area contributed by atoms with Gasteiger partial charge in [0.05, 0.1) is 30.2 Å². The summed E-state index contributed by atoms with van der Waals surface area (Å²) in [6.07, 6.45) is 9.19. The summed E-state index contributed by atoms with van der Waals surface area (Å²) in [4.78, 5) is 37.4. The summed E-state index contributed by atoms with van der Waals surface area (Å²) < 4.78 is 7.01. The van der Waals surface area contributed by atoms with E-state index in [4.69, 9.17) is 14.7 Å². The molecular weight excluding hydrogens is 588 g/mol. The van der Waals surface area contributed by atoms with Gasteiger partial charge >= 0.3 is 5.97 Å². The molecule has 7 rings (SSSR count). The van der Waals surface area contributed by atoms with Crippen molar-refractivity contribution in [2.24, 2.45) is 5.92 Å². The van der Waals surface area contributed by atoms with Gasteiger partial charge in [-0.05, 0) is 99.1 Å². The lowest BCUT2D eigenvalue weighted by Crippen LogP contribution is -2.38. The van der Waals surface area contributed by atoms with Crippen LogP contribution in [0.3, 0.4) is 0 Å². The average Bonchev–Trinajstić information content (AvgIpc) is 3.74. The number of piperidine rings is 1. The van der Waals surface area contributed by atoms with Gasteiger partial charge in [0.25, 0.3) is 0 Å². The largest absolute Gasteiger partial charge is 0.462 e. The van der Waals surface area contributed by atoms with Gasteiger partial charge in [-0.1, -0.05) is 44.2 Å². The lowest BCUT2D eigenvalue weighted by atomic mass is 9.87. The van der Waals surface area contributed by atoms with Crippen LogP contribution in [0, 0.1) is 5.92 Å². The first kappa shape index (κ1) is 31.1. The predicted molar refractivity (Wildman–Crippen MR) is 182 cm³/mol. The van der Waals surface area contributed by atoms with Crippen LogP contribution in [-0.2, 0) is 28.8 Å². The van der Waals surface area contributed by atoms with Gasteiger partial charge < -0.3 is 15.0 Å². The van der Waals surface area contributed by atoms with Crippen molar-refractivity contribution in [2.45, 2.75) is 84.1 Å². The molecule has 4 aromatic rings. The highest BCUT2D eigenvalue weighted by Gasteiger charge is 2.35. The number of amides is 1. The molecule has 1 amide bonds. The van der Waals surface area contributed by atoms with Crippen LogP contribution in [0.25, 0.3) is 17.1 Å². The Morgan fingerprint density at radius 3 is 2.47 bits per heavy atom. The summed E-state index contributed by atoms with van der Waals surface area (Å²) >= 11 is 0. The molecule has 1 aromatic carbocycles. The molecule has 1 atom stereocenters. The minimum absolute atomic E-state index is 0.109. The zero-order valence-electron chi connectivity index (χ0n) is 27.7. The molecule has 3 aromatic heterocycles. The van der Waals surface area contributed by atoms with Gasteiger partial charge in [0.2, 0.25) is 5.91 Å². The normalized spacial score (nSPS) is 17.9. The molecule has 47 heavy (non-hydrogen) atoms. The van der Waals surface area contributed by atoms with E-state index in [1.165, 1.54) is 16.7 Å². The second-order valence-corrected chi connectivity index (χ2v) is 12.9. The average molecular weight is 633 g/mol. The van der Waals surface area contributed by atoms with Crippen molar-refractivity contribution in [3.05, 3.63) is 88.4 Å². The molecule has 1 aliphatic heterocycles. The third kappa shape index (κ3) is 6.15. The molecular formula is C38H44N6O3. The maximum absolute atomic E-state index is 12.6. The minimum Gasteiger partial charge on any atom is -0.462 e. The molecule has 1 saturated carbocycles. The first-order valence-corrected chi connectivity index (χ1v) is 17.4. The van der Waals surface area contributed by atoms with E-state index in [2.05, 4.69) is 52.6 Å². The van der Waals surface area contributed by atoms with Crippen molar-refractivity contribution in [3.8, 4) is 17.1 Å². The van der Waals surface area contributed by atoms with Gasteiger partial charge in [-0.25, -0.2) is 19.4 Å². The lowest BCUT2D eigenvalue weighted by molar-refractivity contribution is -0.133. The van der Waals surface area contributed by atoms with Gasteiger partial charge in [-0.3, -0.25) is 4.79 Å². The van der Waals surface area contributed by atoms with Gasteiger partial charge in [0.1, 0.15) is 11.4 Å². The summed E-state index contributed by atoms with van der Waals surface area (Å²) in [5.74, 6) is 2.32. The Morgan fingerprint density at radius 1 is 0.915 bits per heavy atom. The number of ether oxygens (including phenoxy) is 1. The van der Waals surface area contributed by atoms with Crippen LogP contribution in [0.1, 0.15) is 103 Å². The van der Waals surface area contributed by atoms with E-state index in [0.29, 0.717) is 42.2 Å². The summed E-state index contributed by atoms with van der Waals surface area (Å²) in [5, 5.41) is 8.32. The molecule has 1 saturated heterocycles. The summed E-state index contributed by atoms with van der Waals surface area (Å²) in [6.45, 7) is 8.02. The van der Waals surface area contributed by atoms with E-state index in [-0.39, 0.29) is 12.0 Å². The minimum atomic E-state index is -0.361. The second kappa shape index (κ2) is 13.3. The number of rotatable bonds is 10. The number of benzene rings is 1. The highest BCUT2D eigenvalue weighted by Crippen LogP contribution is 2.41. The number of esters is 1. The van der Waals surface area contributed by atoms with Crippen molar-refractivity contribution in [1.29, 1.82) is 0 Å². The van der Waals surface area contributed by atoms with Crippen LogP contribution in [0.4, 0.5) is 5.82 Å². The number of hydrogen-bond acceptors (Lipinski definition) is 7. The summed E-state index contributed by atoms with van der Waals surface area (Å²) in [7, 11) is 0. The Balaban J connectivity index is 1.12. The van der Waals surface area contributed by atoms with Crippen LogP contribution >= 0.6 is 0 Å². The Bertz CT molecular complexity index is 1790. The molecule has 0 bridgehead atoms. The van der Waals surface area contributed by atoms with E-state index in [1.54, 1.807) is 17.8 Å². The lowest BCUT2D eigenvalue weighted by Gasteiger charge is -2.33. The van der Waals surface area contributed by atoms with E-state index >= 15 is 0 Å². The number of anilines is 1. The highest BCUT2D eigenvalue weighted by atomic mass is 16.5. The van der Waals surface area contributed by atoms with Gasteiger partial charge in [-0.2, -0.15) is 5.10 Å². The van der Waals surface area contributed by atoms with Gasteiger partial charge in [-0.15, -0.1) is 0 Å². The third-order valence-electron chi connectivity index (χ3n) is 10.0. The van der Waals surface area contributed by atoms with Crippen molar-refractivity contribution in [3.63, 3.8) is 0 Å². The second-order valence-electron chi connectivity index (χ2n) is 12.9. The maximum Gasteiger partial charge on any atom is 0.341 e. The predicted octanol–water partition coefficient (Wildman–Crippen LogP) is 6.85. The van der Waals surface area contributed by atoms with Crippen LogP contribution < -0.4 is 5.32 Å². The number of nitrogens with one attached hydrogen (secondary N) is 1. The zero-order valence-corrected chi connectivity index (χ0v) is 27.7. The van der Waals surface area contributed by atoms with Crippen LogP contribution in [0.15, 0.2) is 54.7 Å². The molecule has 2 aliphatic carbocycles. The molecule has 2 fully saturated rings. The van der Waals surface area contributed by atoms with E-state index in [9.17, 15) is 9.59 Å². The Hall–Kier alpha value is -4.53. The number of aromatic nitrogens is 4. The molecule has 9 nitrogen and oxygen atoms in total. The Morgan fingerprint density at radius 2 is 1.72 bits per heavy atom. The third-order valence-corrected chi connectivity index (χ3v) is 10.0. The zero-order chi connectivity index (χ0) is 32.5. The molecule has 1 N–H and O–H groups in total. The Labute approximate surface area is 276 Å². The monoisotopic (exact) mass is 632 g/mol. The molecule has 244 valence electrons. The van der Waals surface area contributed by atoms with Crippen LogP contribution in [0.2, 0.25) is 0 Å². The first-order chi connectivity index (χ1) is 23.0. The molecule has 1 unspecified atom stereocenters. The molecule has 0 spiro atoms. The first-order valence-electron chi connectivity index (χ1n) is 17.4. The van der Waals surface area contributed by atoms with Gasteiger partial charge in [0, 0.05) is 30.3 Å². The Kier molecular flexibility index (Phi) is 8.80. The smallest absolute Gasteiger partial charge is 0.341 e. The number of likely N-dealkylation sites (tertiary alicyclic amines) is 1. The number of hydrogen-bond donors (Lipinski definition) is 1. The van der Waals surface area contributed by atoms with Crippen molar-refractivity contribution < 1.29 is 14.3 Å². The van der Waals surface area contributed by atoms with Crippen molar-refractivity contribution in [1.82, 2.24) is 24.6 Å². The number of carbonyl (C=O) groups excluding carboxylic acids is 2. The number of carbonyl (C=O) groups is 2. The van der Waals surface area contributed by atoms with Crippen LogP contribution in [-0.4, -0.2) is 56.2 Å². The highest BCUT2D eigenvalue weighted by molar-refractivity contribution is 5.90. The maximum atomic E-state index is 12.6. The van der Waals surface area contributed by atoms with E-state index < -0.39 is 0 Å². The van der Waals surface area contributed by atoms with E-state index in [1.807, 2.05) is 25.1 Å². The van der Waals surface area contributed by atoms with Gasteiger partial charge in [0.15, 0.2) is 5.82 Å². The quantitative estimate of drug-likeness (QED) is 0.191. The topological polar surface area (TPSA) is 102 Å². The molecule has 9 heteroatoms. The SMILES string of the molecule is CCOC(=O)c1cnn(-c2cccc(-c3cccc4c3C(Nc3ccc(C5CCN(C(=O)C6CC6)CC5)c(CC)n3)CC4)n2)c1CC. The number of nitrogens with zero attached hydrogens (tertiary/aromatic N) is 5. The molecule has 3 aliphatic rings. The van der Waals surface area contributed by atoms with Crippen molar-refractivity contribution in [2.75, 3.05) is 25.0 Å².